The summed E-state index contributed by atoms with van der Waals surface area (Å²) in [6.45, 7) is 14.9. The number of nitrogens with zero attached hydrogens (tertiary/aromatic N) is 3. The van der Waals surface area contributed by atoms with Crippen LogP contribution in [0.5, 0.6) is 0 Å². The van der Waals surface area contributed by atoms with Gasteiger partial charge in [-0.25, -0.2) is 4.98 Å². The van der Waals surface area contributed by atoms with Crippen molar-refractivity contribution in [2.75, 3.05) is 0 Å². The molecule has 0 saturated carbocycles. The Balaban J connectivity index is 0.000000179. The summed E-state index contributed by atoms with van der Waals surface area (Å²) in [4.78, 5) is 13.6. The van der Waals surface area contributed by atoms with Crippen molar-refractivity contribution >= 4 is 22.1 Å². The summed E-state index contributed by atoms with van der Waals surface area (Å²) in [7, 11) is 0. The number of pyridine rings is 3. The predicted octanol–water partition coefficient (Wildman–Crippen LogP) is 10.6. The maximum atomic E-state index is 6.06. The van der Waals surface area contributed by atoms with Gasteiger partial charge in [0.15, 0.2) is 0 Å². The van der Waals surface area contributed by atoms with Crippen LogP contribution in [-0.2, 0) is 25.5 Å². The Kier molecular flexibility index (Phi) is 9.67. The molecule has 233 valence electrons. The van der Waals surface area contributed by atoms with Gasteiger partial charge in [0.2, 0.25) is 5.71 Å². The van der Waals surface area contributed by atoms with E-state index in [-0.39, 0.29) is 25.5 Å². The van der Waals surface area contributed by atoms with E-state index in [9.17, 15) is 0 Å². The van der Waals surface area contributed by atoms with Crippen LogP contribution >= 0.6 is 0 Å². The minimum Gasteiger partial charge on any atom is -0.486 e. The molecule has 1 radical (unpaired) electrons. The molecular weight excluding hydrogens is 743 g/mol. The van der Waals surface area contributed by atoms with Gasteiger partial charge in [0.05, 0.1) is 5.58 Å². The van der Waals surface area contributed by atoms with E-state index in [1.807, 2.05) is 43.6 Å². The summed E-state index contributed by atoms with van der Waals surface area (Å²) >= 11 is 0. The first kappa shape index (κ1) is 32.9. The van der Waals surface area contributed by atoms with E-state index in [0.717, 1.165) is 44.6 Å². The molecule has 0 spiro atoms. The predicted molar refractivity (Wildman–Crippen MR) is 185 cm³/mol. The molecule has 0 amide bonds. The number of furan rings is 1. The minimum absolute atomic E-state index is 0. The van der Waals surface area contributed by atoms with Crippen LogP contribution in [-0.4, -0.2) is 15.0 Å². The average molecular weight is 780 g/mol. The van der Waals surface area contributed by atoms with E-state index in [0.29, 0.717) is 5.71 Å². The van der Waals surface area contributed by atoms with Gasteiger partial charge in [-0.2, -0.15) is 0 Å². The second-order valence-electron chi connectivity index (χ2n) is 12.6. The molecule has 7 rings (SSSR count). The van der Waals surface area contributed by atoms with Gasteiger partial charge in [-0.15, -0.1) is 47.5 Å². The number of hydrogen-bond acceptors (Lipinski definition) is 4. The van der Waals surface area contributed by atoms with Crippen molar-refractivity contribution in [3.8, 4) is 33.6 Å². The number of fused-ring (bicyclic) bond motifs is 3. The van der Waals surface area contributed by atoms with E-state index in [4.69, 9.17) is 4.42 Å². The Morgan fingerprint density at radius 3 is 2.24 bits per heavy atom. The molecule has 3 aromatic carbocycles. The van der Waals surface area contributed by atoms with Crippen molar-refractivity contribution < 1.29 is 24.5 Å². The molecule has 4 heterocycles. The fourth-order valence-corrected chi connectivity index (χ4v) is 5.35. The van der Waals surface area contributed by atoms with Crippen molar-refractivity contribution in [1.82, 2.24) is 15.0 Å². The summed E-state index contributed by atoms with van der Waals surface area (Å²) in [5, 5.41) is 2.08. The van der Waals surface area contributed by atoms with Crippen molar-refractivity contribution in [2.24, 2.45) is 0 Å². The summed E-state index contributed by atoms with van der Waals surface area (Å²) in [5.74, 6) is 0. The van der Waals surface area contributed by atoms with Crippen molar-refractivity contribution in [3.05, 3.63) is 137 Å². The first-order valence-electron chi connectivity index (χ1n) is 15.3. The van der Waals surface area contributed by atoms with E-state index in [1.165, 1.54) is 33.4 Å². The van der Waals surface area contributed by atoms with Crippen LogP contribution < -0.4 is 0 Å². The number of rotatable bonds is 3. The summed E-state index contributed by atoms with van der Waals surface area (Å²) in [6.07, 6.45) is 3.79. The Morgan fingerprint density at radius 1 is 0.717 bits per heavy atom. The Bertz CT molecular complexity index is 2140. The molecule has 4 aromatic heterocycles. The molecule has 5 heteroatoms. The van der Waals surface area contributed by atoms with Crippen molar-refractivity contribution in [2.45, 2.75) is 53.9 Å². The fraction of sp³-hybridized carbons (Fsp3) is 0.195. The van der Waals surface area contributed by atoms with E-state index < -0.39 is 0 Å². The molecule has 0 aliphatic carbocycles. The zero-order chi connectivity index (χ0) is 31.7. The third-order valence-corrected chi connectivity index (χ3v) is 8.21. The molecule has 7 aromatic rings. The third kappa shape index (κ3) is 6.87. The fourth-order valence-electron chi connectivity index (χ4n) is 5.35. The number of aromatic nitrogens is 3. The number of benzene rings is 3. The second kappa shape index (κ2) is 13.5. The second-order valence-corrected chi connectivity index (χ2v) is 12.6. The van der Waals surface area contributed by atoms with Gasteiger partial charge in [-0.3, -0.25) is 0 Å². The first-order valence-corrected chi connectivity index (χ1v) is 15.3. The van der Waals surface area contributed by atoms with Gasteiger partial charge in [-0.05, 0) is 72.5 Å². The minimum atomic E-state index is 0. The Morgan fingerprint density at radius 2 is 1.50 bits per heavy atom. The topological polar surface area (TPSA) is 51.8 Å². The van der Waals surface area contributed by atoms with Gasteiger partial charge in [0.25, 0.3) is 0 Å². The quantitative estimate of drug-likeness (QED) is 0.168. The number of aryl methyl sites for hydroxylation is 4. The molecule has 0 N–H and O–H groups in total. The van der Waals surface area contributed by atoms with Gasteiger partial charge in [0, 0.05) is 43.6 Å². The van der Waals surface area contributed by atoms with Crippen molar-refractivity contribution in [3.63, 3.8) is 0 Å². The van der Waals surface area contributed by atoms with Crippen LogP contribution in [0.15, 0.2) is 102 Å². The molecule has 0 fully saturated rings. The molecule has 0 saturated heterocycles. The van der Waals surface area contributed by atoms with Crippen LogP contribution in [0.4, 0.5) is 0 Å². The molecule has 0 bridgehead atoms. The molecule has 0 unspecified atom stereocenters. The molecule has 0 aliphatic heterocycles. The molecular formula is C41H37IrN3O-2. The molecule has 4 nitrogen and oxygen atoms in total. The van der Waals surface area contributed by atoms with Gasteiger partial charge in [-0.1, -0.05) is 92.2 Å². The third-order valence-electron chi connectivity index (χ3n) is 8.21. The Labute approximate surface area is 285 Å². The van der Waals surface area contributed by atoms with Crippen LogP contribution in [0.1, 0.15) is 48.7 Å². The van der Waals surface area contributed by atoms with Crippen LogP contribution in [0, 0.1) is 39.8 Å². The van der Waals surface area contributed by atoms with E-state index in [2.05, 4.69) is 129 Å². The zero-order valence-corrected chi connectivity index (χ0v) is 29.7. The van der Waals surface area contributed by atoms with E-state index >= 15 is 0 Å². The molecule has 0 atom stereocenters. The average Bonchev–Trinajstić information content (AvgIpc) is 3.41. The normalized spacial score (nSPS) is 11.2. The van der Waals surface area contributed by atoms with Gasteiger partial charge in [0.1, 0.15) is 0 Å². The van der Waals surface area contributed by atoms with Crippen LogP contribution in [0.25, 0.3) is 55.7 Å². The Hall–Kier alpha value is -4.44. The maximum absolute atomic E-state index is 6.06. The van der Waals surface area contributed by atoms with Crippen LogP contribution in [0.2, 0.25) is 0 Å². The molecule has 46 heavy (non-hydrogen) atoms. The smallest absolute Gasteiger partial charge is 0.216 e. The summed E-state index contributed by atoms with van der Waals surface area (Å²) < 4.78 is 6.06. The zero-order valence-electron chi connectivity index (χ0n) is 27.3. The summed E-state index contributed by atoms with van der Waals surface area (Å²) in [6, 6.07) is 35.7. The first-order chi connectivity index (χ1) is 21.6. The largest absolute Gasteiger partial charge is 0.486 e. The monoisotopic (exact) mass is 780 g/mol. The SMILES string of the molecule is Cc1ccc2c(n1)oc1c(-c3cc(C(C)(C)C)ccn3)[c-]ccc12.Cc1cnc(-c2[c-]cc(C)c(-c3ccccc3)c2)cc1C.[Ir]. The summed E-state index contributed by atoms with van der Waals surface area (Å²) in [5.41, 5.74) is 13.7. The van der Waals surface area contributed by atoms with Gasteiger partial charge >= 0.3 is 0 Å². The maximum Gasteiger partial charge on any atom is 0.216 e. The van der Waals surface area contributed by atoms with Crippen molar-refractivity contribution in [1.29, 1.82) is 0 Å². The molecule has 0 aliphatic rings. The van der Waals surface area contributed by atoms with Gasteiger partial charge < -0.3 is 14.4 Å². The van der Waals surface area contributed by atoms with E-state index in [1.54, 1.807) is 0 Å². The number of hydrogen-bond donors (Lipinski definition) is 0. The standard InChI is InChI=1S/C21H19N2O.C20H18N.Ir/c1-13-8-9-16-15-6-5-7-17(19(15)24-20(16)23-13)18-12-14(10-11-22-18)21(2,3)4;1-14-9-10-18(20-11-15(2)16(3)13-21-20)12-19(14)17-7-5-4-6-8-17;/h5-6,8-12H,1-4H3;4-9,11-13H,1-3H3;/q2*-1;. The van der Waals surface area contributed by atoms with Crippen LogP contribution in [0.3, 0.4) is 0 Å².